The first-order valence-electron chi connectivity index (χ1n) is 7.52. The van der Waals surface area contributed by atoms with Crippen LogP contribution in [-0.2, 0) is 0 Å². The summed E-state index contributed by atoms with van der Waals surface area (Å²) in [7, 11) is 0. The molecule has 0 spiro atoms. The maximum atomic E-state index is 9.28. The second-order valence-corrected chi connectivity index (χ2v) is 5.30. The van der Waals surface area contributed by atoms with Crippen molar-refractivity contribution < 1.29 is 0 Å². The van der Waals surface area contributed by atoms with E-state index in [1.807, 2.05) is 0 Å². The zero-order chi connectivity index (χ0) is 12.3. The van der Waals surface area contributed by atoms with E-state index in [4.69, 9.17) is 0 Å². The van der Waals surface area contributed by atoms with Crippen molar-refractivity contribution in [2.45, 2.75) is 77.2 Å². The highest BCUT2D eigenvalue weighted by Gasteiger charge is 2.18. The van der Waals surface area contributed by atoms with E-state index >= 15 is 0 Å². The second kappa shape index (κ2) is 9.48. The third-order valence-electron chi connectivity index (χ3n) is 3.81. The fraction of sp³-hybridized carbons (Fsp3) is 0.933. The van der Waals surface area contributed by atoms with Gasteiger partial charge >= 0.3 is 0 Å². The predicted octanol–water partition coefficient (Wildman–Crippen LogP) is 4.12. The van der Waals surface area contributed by atoms with E-state index in [0.29, 0.717) is 0 Å². The molecule has 0 aromatic rings. The molecule has 0 amide bonds. The van der Waals surface area contributed by atoms with E-state index < -0.39 is 0 Å². The van der Waals surface area contributed by atoms with Gasteiger partial charge in [-0.3, -0.25) is 4.90 Å². The summed E-state index contributed by atoms with van der Waals surface area (Å²) in [6.45, 7) is 4.54. The summed E-state index contributed by atoms with van der Waals surface area (Å²) in [5.74, 6) is 0. The molecule has 2 nitrogen and oxygen atoms in total. The summed E-state index contributed by atoms with van der Waals surface area (Å²) in [5.41, 5.74) is 0. The van der Waals surface area contributed by atoms with Crippen LogP contribution >= 0.6 is 0 Å². The molecule has 0 bridgehead atoms. The summed E-state index contributed by atoms with van der Waals surface area (Å²) in [4.78, 5) is 2.42. The van der Waals surface area contributed by atoms with E-state index in [1.54, 1.807) is 0 Å². The zero-order valence-corrected chi connectivity index (χ0v) is 11.5. The van der Waals surface area contributed by atoms with Gasteiger partial charge in [0.15, 0.2) is 0 Å². The molecular weight excluding hydrogens is 208 g/mol. The lowest BCUT2D eigenvalue weighted by atomic mass is 10.1. The highest BCUT2D eigenvalue weighted by molar-refractivity contribution is 4.92. The minimum absolute atomic E-state index is 0.190. The van der Waals surface area contributed by atoms with Gasteiger partial charge in [0, 0.05) is 0 Å². The lowest BCUT2D eigenvalue weighted by Gasteiger charge is -2.25. The average molecular weight is 236 g/mol. The Bertz CT molecular complexity index is 211. The normalized spacial score (nSPS) is 19.5. The fourth-order valence-electron chi connectivity index (χ4n) is 2.68. The molecule has 0 N–H and O–H groups in total. The molecule has 0 saturated carbocycles. The summed E-state index contributed by atoms with van der Waals surface area (Å²) >= 11 is 0. The van der Waals surface area contributed by atoms with Gasteiger partial charge in [-0.25, -0.2) is 0 Å². The molecule has 1 rings (SSSR count). The molecule has 0 aromatic heterocycles. The van der Waals surface area contributed by atoms with Crippen molar-refractivity contribution in [2.75, 3.05) is 13.1 Å². The Morgan fingerprint density at radius 2 is 1.65 bits per heavy atom. The smallest absolute Gasteiger partial charge is 0.0977 e. The van der Waals surface area contributed by atoms with Crippen LogP contribution in [0, 0.1) is 11.3 Å². The quantitative estimate of drug-likeness (QED) is 0.622. The Balaban J connectivity index is 2.20. The minimum atomic E-state index is 0.190. The van der Waals surface area contributed by atoms with Crippen molar-refractivity contribution in [1.82, 2.24) is 4.90 Å². The Labute approximate surface area is 107 Å². The van der Waals surface area contributed by atoms with Crippen molar-refractivity contribution in [3.05, 3.63) is 0 Å². The fourth-order valence-corrected chi connectivity index (χ4v) is 2.68. The Morgan fingerprint density at radius 1 is 1.00 bits per heavy atom. The van der Waals surface area contributed by atoms with Crippen LogP contribution in [0.25, 0.3) is 0 Å². The zero-order valence-electron chi connectivity index (χ0n) is 11.5. The molecule has 17 heavy (non-hydrogen) atoms. The Hall–Kier alpha value is -0.550. The molecule has 0 aliphatic carbocycles. The van der Waals surface area contributed by atoms with Gasteiger partial charge in [0.25, 0.3) is 0 Å². The van der Waals surface area contributed by atoms with Crippen molar-refractivity contribution in [3.8, 4) is 6.07 Å². The van der Waals surface area contributed by atoms with Crippen LogP contribution in [-0.4, -0.2) is 24.0 Å². The van der Waals surface area contributed by atoms with Crippen LogP contribution in [0.4, 0.5) is 0 Å². The average Bonchev–Trinajstić information content (AvgIpc) is 2.63. The summed E-state index contributed by atoms with van der Waals surface area (Å²) in [5, 5.41) is 9.28. The highest BCUT2D eigenvalue weighted by atomic mass is 15.1. The predicted molar refractivity (Wildman–Crippen MR) is 72.8 cm³/mol. The van der Waals surface area contributed by atoms with Crippen LogP contribution in [0.2, 0.25) is 0 Å². The summed E-state index contributed by atoms with van der Waals surface area (Å²) in [6, 6.07) is 2.71. The van der Waals surface area contributed by atoms with Gasteiger partial charge in [-0.15, -0.1) is 0 Å². The van der Waals surface area contributed by atoms with Crippen molar-refractivity contribution >= 4 is 0 Å². The maximum Gasteiger partial charge on any atom is 0.0977 e. The molecule has 0 aromatic carbocycles. The standard InChI is InChI=1S/C15H28N2/c1-2-3-4-5-8-11-15(14-16)17-12-9-6-7-10-13-17/h15H,2-13H2,1H3. The number of hydrogen-bond donors (Lipinski definition) is 0. The topological polar surface area (TPSA) is 27.0 Å². The first-order valence-corrected chi connectivity index (χ1v) is 7.52. The minimum Gasteiger partial charge on any atom is -0.288 e. The third-order valence-corrected chi connectivity index (χ3v) is 3.81. The molecule has 1 aliphatic heterocycles. The van der Waals surface area contributed by atoms with Crippen LogP contribution in [0.15, 0.2) is 0 Å². The summed E-state index contributed by atoms with van der Waals surface area (Å²) < 4.78 is 0. The van der Waals surface area contributed by atoms with Gasteiger partial charge in [0.1, 0.15) is 0 Å². The number of likely N-dealkylation sites (tertiary alicyclic amines) is 1. The molecule has 1 aliphatic rings. The van der Waals surface area contributed by atoms with E-state index in [0.717, 1.165) is 19.5 Å². The first kappa shape index (κ1) is 14.5. The van der Waals surface area contributed by atoms with E-state index in [9.17, 15) is 5.26 Å². The number of unbranched alkanes of at least 4 members (excludes halogenated alkanes) is 4. The number of nitrogens with zero attached hydrogens (tertiary/aromatic N) is 2. The Kier molecular flexibility index (Phi) is 8.09. The molecule has 1 unspecified atom stereocenters. The first-order chi connectivity index (χ1) is 8.38. The molecule has 0 radical (unpaired) electrons. The lowest BCUT2D eigenvalue weighted by Crippen LogP contribution is -2.35. The molecular formula is C15H28N2. The third kappa shape index (κ3) is 6.07. The van der Waals surface area contributed by atoms with Gasteiger partial charge in [0.2, 0.25) is 0 Å². The van der Waals surface area contributed by atoms with Gasteiger partial charge in [0.05, 0.1) is 12.1 Å². The Morgan fingerprint density at radius 3 is 2.24 bits per heavy atom. The van der Waals surface area contributed by atoms with Crippen molar-refractivity contribution in [3.63, 3.8) is 0 Å². The van der Waals surface area contributed by atoms with Gasteiger partial charge in [-0.1, -0.05) is 51.9 Å². The molecule has 1 heterocycles. The number of hydrogen-bond acceptors (Lipinski definition) is 2. The monoisotopic (exact) mass is 236 g/mol. The van der Waals surface area contributed by atoms with Crippen LogP contribution in [0.3, 0.4) is 0 Å². The van der Waals surface area contributed by atoms with Crippen LogP contribution in [0.5, 0.6) is 0 Å². The summed E-state index contributed by atoms with van der Waals surface area (Å²) in [6.07, 6.45) is 12.9. The van der Waals surface area contributed by atoms with Gasteiger partial charge < -0.3 is 0 Å². The van der Waals surface area contributed by atoms with E-state index in [-0.39, 0.29) is 6.04 Å². The maximum absolute atomic E-state index is 9.28. The van der Waals surface area contributed by atoms with Gasteiger partial charge in [-0.2, -0.15) is 5.26 Å². The SMILES string of the molecule is CCCCCCCC(C#N)N1CCCCCC1. The molecule has 1 saturated heterocycles. The van der Waals surface area contributed by atoms with Crippen molar-refractivity contribution in [2.24, 2.45) is 0 Å². The number of nitriles is 1. The number of rotatable bonds is 7. The van der Waals surface area contributed by atoms with Crippen LogP contribution < -0.4 is 0 Å². The van der Waals surface area contributed by atoms with Crippen LogP contribution in [0.1, 0.15) is 71.1 Å². The largest absolute Gasteiger partial charge is 0.288 e. The lowest BCUT2D eigenvalue weighted by molar-refractivity contribution is 0.230. The second-order valence-electron chi connectivity index (χ2n) is 5.30. The van der Waals surface area contributed by atoms with E-state index in [1.165, 1.54) is 57.8 Å². The highest BCUT2D eigenvalue weighted by Crippen LogP contribution is 2.16. The molecule has 1 fully saturated rings. The molecule has 2 heteroatoms. The van der Waals surface area contributed by atoms with Crippen molar-refractivity contribution in [1.29, 1.82) is 5.26 Å². The van der Waals surface area contributed by atoms with Gasteiger partial charge in [-0.05, 0) is 32.4 Å². The molecule has 1 atom stereocenters. The molecule has 98 valence electrons. The van der Waals surface area contributed by atoms with E-state index in [2.05, 4.69) is 17.9 Å².